The number of aromatic amines is 1. The average Bonchev–Trinajstić information content (AvgIpc) is 2.69. The molecule has 3 aromatic rings. The Morgan fingerprint density at radius 2 is 1.97 bits per heavy atom. The quantitative estimate of drug-likeness (QED) is 0.608. The standard InChI is InChI=1S/C20H19F3N4O2/c1-12-13(2)26-18(27-19(12)28)14-6-7-17(25-11-14)24-8-9-29-16-5-3-4-15(10-16)20(21,22)23/h3-7,10-11H,8-9H2,1-2H3,(H,24,25)(H,26,27,28). The molecule has 0 unspecified atom stereocenters. The molecule has 2 heterocycles. The SMILES string of the molecule is Cc1nc(-c2ccc(NCCOc3cccc(C(F)(F)F)c3)nc2)[nH]c(=O)c1C. The molecule has 2 N–H and O–H groups in total. The van der Waals surface area contributed by atoms with Crippen molar-refractivity contribution >= 4 is 5.82 Å². The molecule has 0 bridgehead atoms. The molecule has 0 aliphatic heterocycles. The van der Waals surface area contributed by atoms with Crippen molar-refractivity contribution in [1.29, 1.82) is 0 Å². The minimum atomic E-state index is -4.40. The summed E-state index contributed by atoms with van der Waals surface area (Å²) in [5.41, 5.74) is 0.939. The molecule has 3 rings (SSSR count). The van der Waals surface area contributed by atoms with Gasteiger partial charge in [0.05, 0.1) is 12.1 Å². The number of rotatable bonds is 6. The van der Waals surface area contributed by atoms with Gasteiger partial charge in [0.2, 0.25) is 0 Å². The van der Waals surface area contributed by atoms with Crippen molar-refractivity contribution in [3.8, 4) is 17.1 Å². The van der Waals surface area contributed by atoms with Crippen LogP contribution in [0.1, 0.15) is 16.8 Å². The van der Waals surface area contributed by atoms with Crippen molar-refractivity contribution in [2.75, 3.05) is 18.5 Å². The zero-order valence-electron chi connectivity index (χ0n) is 15.8. The zero-order valence-corrected chi connectivity index (χ0v) is 15.8. The molecule has 0 aliphatic rings. The van der Waals surface area contributed by atoms with Gasteiger partial charge in [0.25, 0.3) is 5.56 Å². The Labute approximate surface area is 164 Å². The Morgan fingerprint density at radius 1 is 1.17 bits per heavy atom. The third kappa shape index (κ3) is 5.13. The summed E-state index contributed by atoms with van der Waals surface area (Å²) in [5.74, 6) is 1.15. The van der Waals surface area contributed by atoms with Crippen LogP contribution in [0, 0.1) is 13.8 Å². The van der Waals surface area contributed by atoms with Gasteiger partial charge in [0.15, 0.2) is 0 Å². The van der Waals surface area contributed by atoms with Crippen LogP contribution in [0.15, 0.2) is 47.4 Å². The van der Waals surface area contributed by atoms with Crippen LogP contribution in [-0.2, 0) is 6.18 Å². The van der Waals surface area contributed by atoms with Crippen LogP contribution in [-0.4, -0.2) is 28.1 Å². The molecule has 0 spiro atoms. The number of anilines is 1. The number of alkyl halides is 3. The monoisotopic (exact) mass is 404 g/mol. The third-order valence-corrected chi connectivity index (χ3v) is 4.27. The highest BCUT2D eigenvalue weighted by Gasteiger charge is 2.30. The van der Waals surface area contributed by atoms with Crippen molar-refractivity contribution in [3.63, 3.8) is 0 Å². The normalized spacial score (nSPS) is 11.3. The van der Waals surface area contributed by atoms with E-state index in [1.165, 1.54) is 12.1 Å². The lowest BCUT2D eigenvalue weighted by Gasteiger charge is -2.11. The molecule has 0 fully saturated rings. The summed E-state index contributed by atoms with van der Waals surface area (Å²) in [6.07, 6.45) is -2.83. The molecular formula is C20H19F3N4O2. The van der Waals surface area contributed by atoms with E-state index in [1.54, 1.807) is 32.2 Å². The number of hydrogen-bond acceptors (Lipinski definition) is 5. The summed E-state index contributed by atoms with van der Waals surface area (Å²) >= 11 is 0. The van der Waals surface area contributed by atoms with Crippen LogP contribution < -0.4 is 15.6 Å². The van der Waals surface area contributed by atoms with E-state index in [4.69, 9.17) is 4.74 Å². The summed E-state index contributed by atoms with van der Waals surface area (Å²) in [5, 5.41) is 3.02. The van der Waals surface area contributed by atoms with Crippen LogP contribution in [0.3, 0.4) is 0 Å². The maximum absolute atomic E-state index is 12.7. The molecule has 0 saturated carbocycles. The number of benzene rings is 1. The van der Waals surface area contributed by atoms with E-state index in [0.29, 0.717) is 35.0 Å². The van der Waals surface area contributed by atoms with Gasteiger partial charge in [-0.1, -0.05) is 6.07 Å². The summed E-state index contributed by atoms with van der Waals surface area (Å²) in [7, 11) is 0. The Hall–Kier alpha value is -3.36. The van der Waals surface area contributed by atoms with Crippen LogP contribution in [0.5, 0.6) is 5.75 Å². The van der Waals surface area contributed by atoms with Gasteiger partial charge in [0, 0.05) is 23.0 Å². The van der Waals surface area contributed by atoms with Gasteiger partial charge < -0.3 is 15.0 Å². The van der Waals surface area contributed by atoms with Crippen LogP contribution in [0.2, 0.25) is 0 Å². The fourth-order valence-corrected chi connectivity index (χ4v) is 2.53. The molecule has 0 saturated heterocycles. The van der Waals surface area contributed by atoms with Gasteiger partial charge in [0.1, 0.15) is 24.0 Å². The minimum absolute atomic E-state index is 0.148. The topological polar surface area (TPSA) is 79.9 Å². The highest BCUT2D eigenvalue weighted by atomic mass is 19.4. The van der Waals surface area contributed by atoms with Crippen LogP contribution >= 0.6 is 0 Å². The van der Waals surface area contributed by atoms with Gasteiger partial charge in [-0.15, -0.1) is 0 Å². The predicted octanol–water partition coefficient (Wildman–Crippen LogP) is 3.96. The summed E-state index contributed by atoms with van der Waals surface area (Å²) < 4.78 is 43.4. The lowest BCUT2D eigenvalue weighted by molar-refractivity contribution is -0.137. The van der Waals surface area contributed by atoms with Gasteiger partial charge in [-0.25, -0.2) is 9.97 Å². The molecule has 0 radical (unpaired) electrons. The number of ether oxygens (including phenoxy) is 1. The van der Waals surface area contributed by atoms with E-state index in [-0.39, 0.29) is 17.9 Å². The molecule has 0 amide bonds. The van der Waals surface area contributed by atoms with E-state index in [0.717, 1.165) is 12.1 Å². The second-order valence-electron chi connectivity index (χ2n) is 6.36. The molecule has 9 heteroatoms. The van der Waals surface area contributed by atoms with Crippen molar-refractivity contribution in [2.24, 2.45) is 0 Å². The summed E-state index contributed by atoms with van der Waals surface area (Å²) in [6, 6.07) is 8.21. The summed E-state index contributed by atoms with van der Waals surface area (Å²) in [6.45, 7) is 3.98. The third-order valence-electron chi connectivity index (χ3n) is 4.27. The first-order chi connectivity index (χ1) is 13.7. The maximum atomic E-state index is 12.7. The second kappa shape index (κ2) is 8.34. The lowest BCUT2D eigenvalue weighted by atomic mass is 10.2. The first kappa shape index (κ1) is 20.4. The van der Waals surface area contributed by atoms with E-state index < -0.39 is 11.7 Å². The molecule has 29 heavy (non-hydrogen) atoms. The molecule has 2 aromatic heterocycles. The number of H-pyrrole nitrogens is 1. The predicted molar refractivity (Wildman–Crippen MR) is 103 cm³/mol. The van der Waals surface area contributed by atoms with Crippen LogP contribution in [0.25, 0.3) is 11.4 Å². The Bertz CT molecular complexity index is 1050. The lowest BCUT2D eigenvalue weighted by Crippen LogP contribution is -2.14. The number of nitrogens with zero attached hydrogens (tertiary/aromatic N) is 2. The molecular weight excluding hydrogens is 385 g/mol. The Morgan fingerprint density at radius 3 is 2.62 bits per heavy atom. The van der Waals surface area contributed by atoms with Crippen molar-refractivity contribution < 1.29 is 17.9 Å². The molecule has 1 aromatic carbocycles. The number of aryl methyl sites for hydroxylation is 1. The van der Waals surface area contributed by atoms with Crippen molar-refractivity contribution in [2.45, 2.75) is 20.0 Å². The van der Waals surface area contributed by atoms with E-state index >= 15 is 0 Å². The van der Waals surface area contributed by atoms with Gasteiger partial charge in [-0.05, 0) is 44.2 Å². The van der Waals surface area contributed by atoms with E-state index in [9.17, 15) is 18.0 Å². The Kier molecular flexibility index (Phi) is 5.86. The van der Waals surface area contributed by atoms with Gasteiger partial charge in [-0.2, -0.15) is 13.2 Å². The fourth-order valence-electron chi connectivity index (χ4n) is 2.53. The number of halogens is 3. The largest absolute Gasteiger partial charge is 0.492 e. The molecule has 0 aliphatic carbocycles. The number of nitrogens with one attached hydrogen (secondary N) is 2. The van der Waals surface area contributed by atoms with Crippen molar-refractivity contribution in [1.82, 2.24) is 15.0 Å². The molecule has 6 nitrogen and oxygen atoms in total. The van der Waals surface area contributed by atoms with E-state index in [2.05, 4.69) is 20.3 Å². The first-order valence-electron chi connectivity index (χ1n) is 8.82. The smallest absolute Gasteiger partial charge is 0.416 e. The number of hydrogen-bond donors (Lipinski definition) is 2. The maximum Gasteiger partial charge on any atom is 0.416 e. The average molecular weight is 404 g/mol. The molecule has 152 valence electrons. The van der Waals surface area contributed by atoms with Gasteiger partial charge >= 0.3 is 6.18 Å². The first-order valence-corrected chi connectivity index (χ1v) is 8.82. The second-order valence-corrected chi connectivity index (χ2v) is 6.36. The molecule has 0 atom stereocenters. The number of pyridine rings is 1. The highest BCUT2D eigenvalue weighted by molar-refractivity contribution is 5.56. The zero-order chi connectivity index (χ0) is 21.0. The van der Waals surface area contributed by atoms with Gasteiger partial charge in [-0.3, -0.25) is 4.79 Å². The van der Waals surface area contributed by atoms with Crippen LogP contribution in [0.4, 0.5) is 19.0 Å². The highest BCUT2D eigenvalue weighted by Crippen LogP contribution is 2.31. The number of aromatic nitrogens is 3. The van der Waals surface area contributed by atoms with Crippen molar-refractivity contribution in [3.05, 3.63) is 69.8 Å². The fraction of sp³-hybridized carbons (Fsp3) is 0.250. The van der Waals surface area contributed by atoms with E-state index in [1.807, 2.05) is 0 Å². The Balaban J connectivity index is 1.55. The minimum Gasteiger partial charge on any atom is -0.492 e. The summed E-state index contributed by atoms with van der Waals surface area (Å²) in [4.78, 5) is 23.2.